The van der Waals surface area contributed by atoms with Crippen LogP contribution in [0.25, 0.3) is 0 Å². The van der Waals surface area contributed by atoms with Gasteiger partial charge in [0.15, 0.2) is 5.16 Å². The average Bonchev–Trinajstić information content (AvgIpc) is 3.13. The predicted octanol–water partition coefficient (Wildman–Crippen LogP) is 1.93. The van der Waals surface area contributed by atoms with Crippen LogP contribution in [0.15, 0.2) is 5.16 Å². The molecule has 2 rings (SSSR count). The molecule has 1 aliphatic rings. The van der Waals surface area contributed by atoms with Crippen molar-refractivity contribution in [2.24, 2.45) is 0 Å². The summed E-state index contributed by atoms with van der Waals surface area (Å²) in [5.74, 6) is 0.671. The molecule has 0 aliphatic heterocycles. The molecule has 1 aromatic heterocycles. The minimum Gasteiger partial charge on any atom is -0.481 e. The van der Waals surface area contributed by atoms with Crippen molar-refractivity contribution in [1.82, 2.24) is 14.8 Å². The molecule has 19 heavy (non-hydrogen) atoms. The number of hydrogen-bond acceptors (Lipinski definition) is 5. The van der Waals surface area contributed by atoms with E-state index in [-0.39, 0.29) is 11.8 Å². The standard InChI is InChI=1S/C12H19N3O3S/c1-8(5-6-18-2)15-11(9-3-4-9)13-14-12(15)19-7-10(16)17/h8-9H,3-7H2,1-2H3,(H,16,17). The zero-order valence-corrected chi connectivity index (χ0v) is 12.0. The zero-order chi connectivity index (χ0) is 13.8. The van der Waals surface area contributed by atoms with Crippen molar-refractivity contribution in [1.29, 1.82) is 0 Å². The maximum Gasteiger partial charge on any atom is 0.313 e. The molecule has 1 atom stereocenters. The highest BCUT2D eigenvalue weighted by molar-refractivity contribution is 7.99. The van der Waals surface area contributed by atoms with Crippen molar-refractivity contribution in [2.45, 2.75) is 43.3 Å². The highest BCUT2D eigenvalue weighted by Gasteiger charge is 2.31. The molecule has 1 saturated carbocycles. The summed E-state index contributed by atoms with van der Waals surface area (Å²) in [5.41, 5.74) is 0. The topological polar surface area (TPSA) is 77.2 Å². The number of aliphatic carboxylic acids is 1. The number of rotatable bonds is 8. The van der Waals surface area contributed by atoms with E-state index in [1.807, 2.05) is 0 Å². The third-order valence-electron chi connectivity index (χ3n) is 3.14. The first-order valence-electron chi connectivity index (χ1n) is 6.41. The molecule has 0 radical (unpaired) electrons. The first-order valence-corrected chi connectivity index (χ1v) is 7.40. The molecule has 1 aromatic rings. The Bertz CT molecular complexity index is 445. The van der Waals surface area contributed by atoms with Gasteiger partial charge in [-0.05, 0) is 26.2 Å². The number of thioether (sulfide) groups is 1. The Labute approximate surface area is 116 Å². The van der Waals surface area contributed by atoms with Crippen LogP contribution in [0.4, 0.5) is 0 Å². The van der Waals surface area contributed by atoms with Crippen LogP contribution in [0.5, 0.6) is 0 Å². The number of carbonyl (C=O) groups is 1. The second-order valence-corrected chi connectivity index (χ2v) is 5.74. The SMILES string of the molecule is COCCC(C)n1c(SCC(=O)O)nnc1C1CC1. The van der Waals surface area contributed by atoms with Crippen LogP contribution in [0.3, 0.4) is 0 Å². The fourth-order valence-corrected chi connectivity index (χ4v) is 2.73. The Balaban J connectivity index is 2.14. The summed E-state index contributed by atoms with van der Waals surface area (Å²) >= 11 is 1.23. The van der Waals surface area contributed by atoms with Crippen molar-refractivity contribution < 1.29 is 14.6 Å². The monoisotopic (exact) mass is 285 g/mol. The van der Waals surface area contributed by atoms with E-state index in [2.05, 4.69) is 21.7 Å². The lowest BCUT2D eigenvalue weighted by Gasteiger charge is -2.17. The lowest BCUT2D eigenvalue weighted by atomic mass is 10.2. The van der Waals surface area contributed by atoms with Gasteiger partial charge in [-0.15, -0.1) is 10.2 Å². The minimum atomic E-state index is -0.836. The molecular formula is C12H19N3O3S. The van der Waals surface area contributed by atoms with Gasteiger partial charge in [0.05, 0.1) is 5.75 Å². The third kappa shape index (κ3) is 3.70. The molecule has 0 aromatic carbocycles. The molecule has 106 valence electrons. The second-order valence-electron chi connectivity index (χ2n) is 4.80. The van der Waals surface area contributed by atoms with Crippen LogP contribution in [0.2, 0.25) is 0 Å². The van der Waals surface area contributed by atoms with E-state index >= 15 is 0 Å². The van der Waals surface area contributed by atoms with E-state index in [9.17, 15) is 4.79 Å². The van der Waals surface area contributed by atoms with Crippen LogP contribution in [0.1, 0.15) is 44.0 Å². The molecule has 7 heteroatoms. The number of carboxylic acid groups (broad SMARTS) is 1. The van der Waals surface area contributed by atoms with Gasteiger partial charge in [0.25, 0.3) is 0 Å². The second kappa shape index (κ2) is 6.38. The van der Waals surface area contributed by atoms with Gasteiger partial charge in [-0.2, -0.15) is 0 Å². The van der Waals surface area contributed by atoms with Crippen molar-refractivity contribution >= 4 is 17.7 Å². The predicted molar refractivity (Wildman–Crippen MR) is 71.6 cm³/mol. The summed E-state index contributed by atoms with van der Waals surface area (Å²) in [6.45, 7) is 2.77. The summed E-state index contributed by atoms with van der Waals surface area (Å²) in [6, 6.07) is 0.224. The van der Waals surface area contributed by atoms with Crippen LogP contribution in [-0.2, 0) is 9.53 Å². The number of methoxy groups -OCH3 is 1. The van der Waals surface area contributed by atoms with Crippen LogP contribution in [0, 0.1) is 0 Å². The largest absolute Gasteiger partial charge is 0.481 e. The molecule has 1 aliphatic carbocycles. The van der Waals surface area contributed by atoms with E-state index in [1.165, 1.54) is 11.8 Å². The third-order valence-corrected chi connectivity index (χ3v) is 4.07. The summed E-state index contributed by atoms with van der Waals surface area (Å²) in [7, 11) is 1.68. The summed E-state index contributed by atoms with van der Waals surface area (Å²) in [6.07, 6.45) is 3.17. The molecule has 1 fully saturated rings. The molecular weight excluding hydrogens is 266 g/mol. The Morgan fingerprint density at radius 2 is 2.32 bits per heavy atom. The number of hydrogen-bond donors (Lipinski definition) is 1. The lowest BCUT2D eigenvalue weighted by Crippen LogP contribution is -2.13. The van der Waals surface area contributed by atoms with Crippen molar-refractivity contribution in [2.75, 3.05) is 19.5 Å². The summed E-state index contributed by atoms with van der Waals surface area (Å²) in [5, 5.41) is 17.9. The Morgan fingerprint density at radius 1 is 1.58 bits per heavy atom. The first-order chi connectivity index (χ1) is 9.13. The van der Waals surface area contributed by atoms with Gasteiger partial charge in [0, 0.05) is 25.7 Å². The smallest absolute Gasteiger partial charge is 0.313 e. The van der Waals surface area contributed by atoms with Crippen LogP contribution in [-0.4, -0.2) is 45.3 Å². The van der Waals surface area contributed by atoms with E-state index in [4.69, 9.17) is 9.84 Å². The lowest BCUT2D eigenvalue weighted by molar-refractivity contribution is -0.133. The van der Waals surface area contributed by atoms with Crippen molar-refractivity contribution in [3.8, 4) is 0 Å². The zero-order valence-electron chi connectivity index (χ0n) is 11.2. The molecule has 0 bridgehead atoms. The van der Waals surface area contributed by atoms with E-state index in [0.29, 0.717) is 17.7 Å². The van der Waals surface area contributed by atoms with Gasteiger partial charge in [-0.25, -0.2) is 0 Å². The Morgan fingerprint density at radius 3 is 2.89 bits per heavy atom. The van der Waals surface area contributed by atoms with E-state index in [0.717, 1.165) is 25.1 Å². The average molecular weight is 285 g/mol. The molecule has 1 unspecified atom stereocenters. The first kappa shape index (κ1) is 14.3. The summed E-state index contributed by atoms with van der Waals surface area (Å²) < 4.78 is 7.20. The molecule has 1 heterocycles. The minimum absolute atomic E-state index is 0.0137. The fraction of sp³-hybridized carbons (Fsp3) is 0.750. The number of carboxylic acids is 1. The van der Waals surface area contributed by atoms with Crippen LogP contribution >= 0.6 is 11.8 Å². The van der Waals surface area contributed by atoms with E-state index in [1.54, 1.807) is 7.11 Å². The van der Waals surface area contributed by atoms with Gasteiger partial charge in [-0.1, -0.05) is 11.8 Å². The Kier molecular flexibility index (Phi) is 4.81. The highest BCUT2D eigenvalue weighted by atomic mass is 32.2. The number of ether oxygens (including phenoxy) is 1. The maximum absolute atomic E-state index is 10.7. The van der Waals surface area contributed by atoms with E-state index < -0.39 is 5.97 Å². The molecule has 0 amide bonds. The summed E-state index contributed by atoms with van der Waals surface area (Å²) in [4.78, 5) is 10.7. The fourth-order valence-electron chi connectivity index (χ4n) is 1.96. The molecule has 1 N–H and O–H groups in total. The number of aromatic nitrogens is 3. The van der Waals surface area contributed by atoms with Gasteiger partial charge in [-0.3, -0.25) is 4.79 Å². The van der Waals surface area contributed by atoms with Gasteiger partial charge in [0.2, 0.25) is 0 Å². The van der Waals surface area contributed by atoms with Crippen molar-refractivity contribution in [3.63, 3.8) is 0 Å². The van der Waals surface area contributed by atoms with Gasteiger partial charge < -0.3 is 14.4 Å². The van der Waals surface area contributed by atoms with Gasteiger partial charge in [0.1, 0.15) is 5.82 Å². The number of nitrogens with zero attached hydrogens (tertiary/aromatic N) is 3. The van der Waals surface area contributed by atoms with Crippen LogP contribution < -0.4 is 0 Å². The Hall–Kier alpha value is -1.08. The molecule has 0 spiro atoms. The van der Waals surface area contributed by atoms with Gasteiger partial charge >= 0.3 is 5.97 Å². The quantitative estimate of drug-likeness (QED) is 0.735. The maximum atomic E-state index is 10.7. The van der Waals surface area contributed by atoms with Crippen molar-refractivity contribution in [3.05, 3.63) is 5.82 Å². The highest BCUT2D eigenvalue weighted by Crippen LogP contribution is 2.41. The normalized spacial score (nSPS) is 16.5. The molecule has 0 saturated heterocycles. The molecule has 6 nitrogen and oxygen atoms in total.